The Kier molecular flexibility index (Phi) is 8.04. The Morgan fingerprint density at radius 3 is 2.12 bits per heavy atom. The van der Waals surface area contributed by atoms with Gasteiger partial charge in [0.05, 0.1) is 5.69 Å². The van der Waals surface area contributed by atoms with Crippen LogP contribution in [0.2, 0.25) is 0 Å². The van der Waals surface area contributed by atoms with Crippen LogP contribution in [0.15, 0.2) is 29.3 Å². The molecule has 0 radical (unpaired) electrons. The van der Waals surface area contributed by atoms with Crippen molar-refractivity contribution in [2.24, 2.45) is 4.99 Å². The summed E-state index contributed by atoms with van der Waals surface area (Å²) in [5.74, 6) is 0. The summed E-state index contributed by atoms with van der Waals surface area (Å²) in [7, 11) is 4.17. The predicted octanol–water partition coefficient (Wildman–Crippen LogP) is 2.92. The second-order valence-corrected chi connectivity index (χ2v) is 3.84. The van der Waals surface area contributed by atoms with E-state index in [1.54, 1.807) is 12.1 Å². The normalized spacial score (nSPS) is 9.06. The van der Waals surface area contributed by atoms with Crippen LogP contribution in [0.25, 0.3) is 0 Å². The highest BCUT2D eigenvalue weighted by Gasteiger charge is 1.85. The minimum Gasteiger partial charge on any atom is -0.309 e. The number of isocyanates is 1. The maximum Gasteiger partial charge on any atom is 0.240 e. The molecule has 88 valence electrons. The molecule has 0 spiro atoms. The number of aryl methyl sites for hydroxylation is 1. The summed E-state index contributed by atoms with van der Waals surface area (Å²) in [6, 6.07) is 7.35. The first-order valence-electron chi connectivity index (χ1n) is 5.39. The highest BCUT2D eigenvalue weighted by Crippen LogP contribution is 2.10. The van der Waals surface area contributed by atoms with E-state index in [0.29, 0.717) is 5.69 Å². The Balaban J connectivity index is 0.000000325. The van der Waals surface area contributed by atoms with Crippen molar-refractivity contribution < 1.29 is 4.79 Å². The number of carbonyl (C=O) groups excluding carboxylic acids is 1. The first-order chi connectivity index (χ1) is 7.60. The van der Waals surface area contributed by atoms with Crippen LogP contribution in [0.4, 0.5) is 5.69 Å². The molecule has 0 bridgehead atoms. The van der Waals surface area contributed by atoms with Gasteiger partial charge >= 0.3 is 0 Å². The van der Waals surface area contributed by atoms with Gasteiger partial charge in [0.25, 0.3) is 0 Å². The number of aliphatic imine (C=N–C) groups is 1. The van der Waals surface area contributed by atoms with Gasteiger partial charge in [0.2, 0.25) is 6.08 Å². The highest BCUT2D eigenvalue weighted by atomic mass is 16.1. The minimum atomic E-state index is 0.653. The minimum absolute atomic E-state index is 0.653. The molecule has 16 heavy (non-hydrogen) atoms. The smallest absolute Gasteiger partial charge is 0.240 e. The molecule has 0 saturated carbocycles. The molecule has 0 saturated heterocycles. The Hall–Kier alpha value is -1.44. The van der Waals surface area contributed by atoms with E-state index in [1.165, 1.54) is 19.0 Å². The van der Waals surface area contributed by atoms with Gasteiger partial charge in [-0.25, -0.2) is 4.79 Å². The van der Waals surface area contributed by atoms with Crippen molar-refractivity contribution >= 4 is 11.8 Å². The van der Waals surface area contributed by atoms with Gasteiger partial charge in [-0.3, -0.25) is 0 Å². The van der Waals surface area contributed by atoms with Crippen LogP contribution in [0.1, 0.15) is 18.9 Å². The van der Waals surface area contributed by atoms with Crippen LogP contribution < -0.4 is 0 Å². The third-order valence-corrected chi connectivity index (χ3v) is 1.88. The van der Waals surface area contributed by atoms with Gasteiger partial charge in [-0.05, 0) is 46.1 Å². The third kappa shape index (κ3) is 7.92. The summed E-state index contributed by atoms with van der Waals surface area (Å²) in [6.45, 7) is 5.37. The zero-order valence-corrected chi connectivity index (χ0v) is 10.5. The van der Waals surface area contributed by atoms with Gasteiger partial charge in [-0.15, -0.1) is 0 Å². The average molecular weight is 220 g/mol. The van der Waals surface area contributed by atoms with E-state index >= 15 is 0 Å². The molecule has 3 heteroatoms. The molecule has 1 rings (SSSR count). The zero-order valence-electron chi connectivity index (χ0n) is 10.5. The lowest BCUT2D eigenvalue weighted by molar-refractivity contribution is 0.408. The molecule has 0 atom stereocenters. The topological polar surface area (TPSA) is 32.7 Å². The second kappa shape index (κ2) is 8.84. The number of hydrogen-bond donors (Lipinski definition) is 0. The summed E-state index contributed by atoms with van der Waals surface area (Å²) in [6.07, 6.45) is 2.74. The van der Waals surface area contributed by atoms with Crippen molar-refractivity contribution in [3.63, 3.8) is 0 Å². The fourth-order valence-corrected chi connectivity index (χ4v) is 1.12. The quantitative estimate of drug-likeness (QED) is 0.579. The second-order valence-electron chi connectivity index (χ2n) is 3.84. The lowest BCUT2D eigenvalue weighted by Gasteiger charge is -2.03. The first-order valence-corrected chi connectivity index (χ1v) is 5.39. The summed E-state index contributed by atoms with van der Waals surface area (Å²) in [4.78, 5) is 15.4. The van der Waals surface area contributed by atoms with Crippen molar-refractivity contribution in [1.29, 1.82) is 0 Å². The maximum atomic E-state index is 9.77. The van der Waals surface area contributed by atoms with Crippen LogP contribution in [-0.4, -0.2) is 31.6 Å². The Morgan fingerprint density at radius 2 is 1.81 bits per heavy atom. The first kappa shape index (κ1) is 14.6. The Bertz CT molecular complexity index is 324. The van der Waals surface area contributed by atoms with Crippen LogP contribution in [-0.2, 0) is 4.79 Å². The molecule has 3 nitrogen and oxygen atoms in total. The Labute approximate surface area is 97.8 Å². The molecule has 0 aliphatic rings. The maximum absolute atomic E-state index is 9.77. The molecular formula is C13H20N2O. The predicted molar refractivity (Wildman–Crippen MR) is 67.8 cm³/mol. The summed E-state index contributed by atoms with van der Waals surface area (Å²) in [5, 5.41) is 0. The van der Waals surface area contributed by atoms with Gasteiger partial charge in [-0.1, -0.05) is 24.6 Å². The van der Waals surface area contributed by atoms with Gasteiger partial charge < -0.3 is 4.90 Å². The number of hydrogen-bond acceptors (Lipinski definition) is 3. The molecule has 0 aliphatic heterocycles. The van der Waals surface area contributed by atoms with Crippen molar-refractivity contribution in [1.82, 2.24) is 4.90 Å². The molecule has 0 N–H and O–H groups in total. The molecule has 0 aromatic heterocycles. The summed E-state index contributed by atoms with van der Waals surface area (Å²) < 4.78 is 0. The number of benzene rings is 1. The van der Waals surface area contributed by atoms with E-state index in [9.17, 15) is 4.79 Å². The highest BCUT2D eigenvalue weighted by molar-refractivity contribution is 5.48. The molecule has 0 aliphatic carbocycles. The largest absolute Gasteiger partial charge is 0.309 e. The van der Waals surface area contributed by atoms with Gasteiger partial charge in [-0.2, -0.15) is 4.99 Å². The molecule has 0 heterocycles. The molecule has 1 aromatic carbocycles. The standard InChI is InChI=1S/C8H7NO.C5H13N/c1-7-2-4-8(5-3-7)9-6-10;1-4-5-6(2)3/h2-5H,1H3;4-5H2,1-3H3. The van der Waals surface area contributed by atoms with Crippen LogP contribution in [0.3, 0.4) is 0 Å². The van der Waals surface area contributed by atoms with E-state index in [-0.39, 0.29) is 0 Å². The lowest BCUT2D eigenvalue weighted by atomic mass is 10.2. The third-order valence-electron chi connectivity index (χ3n) is 1.88. The fourth-order valence-electron chi connectivity index (χ4n) is 1.12. The van der Waals surface area contributed by atoms with Crippen LogP contribution >= 0.6 is 0 Å². The van der Waals surface area contributed by atoms with Crippen molar-refractivity contribution in [3.05, 3.63) is 29.8 Å². The summed E-state index contributed by atoms with van der Waals surface area (Å²) >= 11 is 0. The van der Waals surface area contributed by atoms with Crippen molar-refractivity contribution in [3.8, 4) is 0 Å². The molecule has 0 unspecified atom stereocenters. The number of nitrogens with zero attached hydrogens (tertiary/aromatic N) is 2. The van der Waals surface area contributed by atoms with Gasteiger partial charge in [0.15, 0.2) is 0 Å². The lowest BCUT2D eigenvalue weighted by Crippen LogP contribution is -2.11. The van der Waals surface area contributed by atoms with E-state index < -0.39 is 0 Å². The molecule has 1 aromatic rings. The molecular weight excluding hydrogens is 200 g/mol. The van der Waals surface area contributed by atoms with E-state index in [4.69, 9.17) is 0 Å². The Morgan fingerprint density at radius 1 is 1.25 bits per heavy atom. The van der Waals surface area contributed by atoms with Crippen molar-refractivity contribution in [2.75, 3.05) is 20.6 Å². The van der Waals surface area contributed by atoms with E-state index in [2.05, 4.69) is 30.9 Å². The summed E-state index contributed by atoms with van der Waals surface area (Å²) in [5.41, 5.74) is 1.81. The SMILES string of the molecule is CCCN(C)C.Cc1ccc(N=C=O)cc1. The van der Waals surface area contributed by atoms with Crippen LogP contribution in [0.5, 0.6) is 0 Å². The monoisotopic (exact) mass is 220 g/mol. The van der Waals surface area contributed by atoms with E-state index in [1.807, 2.05) is 19.1 Å². The van der Waals surface area contributed by atoms with Gasteiger partial charge in [0, 0.05) is 0 Å². The zero-order chi connectivity index (χ0) is 12.4. The average Bonchev–Trinajstić information content (AvgIpc) is 2.22. The fraction of sp³-hybridized carbons (Fsp3) is 0.462. The van der Waals surface area contributed by atoms with Crippen molar-refractivity contribution in [2.45, 2.75) is 20.3 Å². The molecule has 0 amide bonds. The van der Waals surface area contributed by atoms with E-state index in [0.717, 1.165) is 5.56 Å². The molecule has 0 fully saturated rings. The number of rotatable bonds is 3. The van der Waals surface area contributed by atoms with Gasteiger partial charge in [0.1, 0.15) is 0 Å². The van der Waals surface area contributed by atoms with Crippen LogP contribution in [0, 0.1) is 6.92 Å².